The summed E-state index contributed by atoms with van der Waals surface area (Å²) in [5.74, 6) is 0. The van der Waals surface area contributed by atoms with Crippen LogP contribution in [0.1, 0.15) is 32.6 Å². The maximum atomic E-state index is 3.44. The van der Waals surface area contributed by atoms with Crippen LogP contribution in [0.3, 0.4) is 0 Å². The van der Waals surface area contributed by atoms with Crippen LogP contribution < -0.4 is 5.32 Å². The number of hydrogen-bond acceptors (Lipinski definition) is 6. The highest BCUT2D eigenvalue weighted by Crippen LogP contribution is 2.29. The summed E-state index contributed by atoms with van der Waals surface area (Å²) in [7, 11) is 0. The van der Waals surface area contributed by atoms with E-state index < -0.39 is 0 Å². The lowest BCUT2D eigenvalue weighted by molar-refractivity contribution is 0.644. The second kappa shape index (κ2) is 11.3. The molecule has 1 N–H and O–H groups in total. The van der Waals surface area contributed by atoms with E-state index in [1.54, 1.807) is 18.5 Å². The Morgan fingerprint density at radius 3 is 2.56 bits per heavy atom. The SMILES string of the molecule is CCCCCCNC1=CSCS1.c1cnnnc1. The van der Waals surface area contributed by atoms with Gasteiger partial charge in [-0.25, -0.2) is 0 Å². The minimum absolute atomic E-state index is 1.15. The van der Waals surface area contributed by atoms with Crippen molar-refractivity contribution in [2.75, 3.05) is 11.6 Å². The standard InChI is InChI=1S/C9H17NS2.C3H3N3/c1-2-3-4-5-6-10-9-7-11-8-12-9;1-2-4-6-5-3-1/h7,10H,2-6,8H2,1H3;1-3H. The van der Waals surface area contributed by atoms with Gasteiger partial charge in [0.2, 0.25) is 0 Å². The van der Waals surface area contributed by atoms with Crippen molar-refractivity contribution in [2.45, 2.75) is 32.6 Å². The van der Waals surface area contributed by atoms with Crippen molar-refractivity contribution in [1.29, 1.82) is 0 Å². The van der Waals surface area contributed by atoms with Gasteiger partial charge < -0.3 is 5.32 Å². The molecule has 0 atom stereocenters. The second-order valence-electron chi connectivity index (χ2n) is 3.71. The molecule has 0 saturated carbocycles. The Morgan fingerprint density at radius 2 is 2.06 bits per heavy atom. The Morgan fingerprint density at radius 1 is 1.22 bits per heavy atom. The van der Waals surface area contributed by atoms with Gasteiger partial charge in [0.15, 0.2) is 0 Å². The molecule has 0 bridgehead atoms. The van der Waals surface area contributed by atoms with Gasteiger partial charge in [0.1, 0.15) is 0 Å². The maximum Gasteiger partial charge on any atom is 0.0754 e. The topological polar surface area (TPSA) is 50.7 Å². The van der Waals surface area contributed by atoms with Gasteiger partial charge in [-0.15, -0.1) is 22.0 Å². The predicted octanol–water partition coefficient (Wildman–Crippen LogP) is 3.26. The molecule has 0 unspecified atom stereocenters. The highest BCUT2D eigenvalue weighted by molar-refractivity contribution is 8.21. The largest absolute Gasteiger partial charge is 0.379 e. The van der Waals surface area contributed by atoms with E-state index >= 15 is 0 Å². The van der Waals surface area contributed by atoms with Crippen molar-refractivity contribution in [3.05, 3.63) is 28.9 Å². The zero-order valence-corrected chi connectivity index (χ0v) is 12.3. The van der Waals surface area contributed by atoms with Crippen molar-refractivity contribution in [3.63, 3.8) is 0 Å². The zero-order valence-electron chi connectivity index (χ0n) is 10.7. The van der Waals surface area contributed by atoms with Gasteiger partial charge in [-0.2, -0.15) is 0 Å². The molecule has 1 aliphatic rings. The monoisotopic (exact) mass is 284 g/mol. The van der Waals surface area contributed by atoms with Gasteiger partial charge in [0.05, 0.1) is 17.4 Å². The normalized spacial score (nSPS) is 13.5. The molecule has 0 fully saturated rings. The zero-order chi connectivity index (χ0) is 12.9. The Kier molecular flexibility index (Phi) is 9.65. The van der Waals surface area contributed by atoms with Gasteiger partial charge in [0.25, 0.3) is 0 Å². The molecule has 2 rings (SSSR count). The third-order valence-electron chi connectivity index (χ3n) is 2.21. The number of unbranched alkanes of at least 4 members (excludes halogenated alkanes) is 3. The summed E-state index contributed by atoms with van der Waals surface area (Å²) >= 11 is 3.81. The molecule has 4 nitrogen and oxygen atoms in total. The van der Waals surface area contributed by atoms with E-state index in [0.29, 0.717) is 0 Å². The van der Waals surface area contributed by atoms with Gasteiger partial charge in [-0.3, -0.25) is 0 Å². The van der Waals surface area contributed by atoms with Crippen molar-refractivity contribution in [2.24, 2.45) is 0 Å². The smallest absolute Gasteiger partial charge is 0.0754 e. The number of nitrogens with one attached hydrogen (secondary N) is 1. The summed E-state index contributed by atoms with van der Waals surface area (Å²) in [5.41, 5.74) is 0. The average Bonchev–Trinajstić information content (AvgIpc) is 2.94. The number of aromatic nitrogens is 3. The van der Waals surface area contributed by atoms with Crippen LogP contribution in [0.2, 0.25) is 0 Å². The van der Waals surface area contributed by atoms with Crippen LogP contribution in [0.15, 0.2) is 28.9 Å². The minimum atomic E-state index is 1.15. The molecule has 0 aromatic carbocycles. The van der Waals surface area contributed by atoms with E-state index in [0.717, 1.165) is 6.54 Å². The molecular formula is C12H20N4S2. The Bertz CT molecular complexity index is 292. The van der Waals surface area contributed by atoms with Crippen LogP contribution in [-0.2, 0) is 0 Å². The first-order valence-corrected chi connectivity index (χ1v) is 8.23. The molecule has 0 radical (unpaired) electrons. The second-order valence-corrected chi connectivity index (χ2v) is 5.95. The molecule has 0 saturated heterocycles. The van der Waals surface area contributed by atoms with E-state index in [1.165, 1.54) is 35.8 Å². The number of thioether (sulfide) groups is 2. The number of hydrogen-bond donors (Lipinski definition) is 1. The van der Waals surface area contributed by atoms with Gasteiger partial charge in [-0.1, -0.05) is 37.9 Å². The van der Waals surface area contributed by atoms with Gasteiger partial charge in [-0.05, 0) is 17.7 Å². The van der Waals surface area contributed by atoms with E-state index in [9.17, 15) is 0 Å². The van der Waals surface area contributed by atoms with E-state index in [4.69, 9.17) is 0 Å². The summed E-state index contributed by atoms with van der Waals surface area (Å²) in [5, 5.41) is 18.4. The Balaban J connectivity index is 0.000000225. The minimum Gasteiger partial charge on any atom is -0.379 e. The van der Waals surface area contributed by atoms with E-state index in [1.807, 2.05) is 23.5 Å². The lowest BCUT2D eigenvalue weighted by Gasteiger charge is -2.04. The summed E-state index contributed by atoms with van der Waals surface area (Å²) < 4.78 is 0. The fourth-order valence-electron chi connectivity index (χ4n) is 1.30. The summed E-state index contributed by atoms with van der Waals surface area (Å²) in [6.45, 7) is 3.40. The summed E-state index contributed by atoms with van der Waals surface area (Å²) in [6, 6.07) is 1.72. The fraction of sp³-hybridized carbons (Fsp3) is 0.583. The molecule has 6 heteroatoms. The molecule has 1 aromatic heterocycles. The molecular weight excluding hydrogens is 264 g/mol. The van der Waals surface area contributed by atoms with Crippen LogP contribution in [-0.4, -0.2) is 27.0 Å². The molecule has 0 amide bonds. The molecule has 1 aliphatic heterocycles. The highest BCUT2D eigenvalue weighted by Gasteiger charge is 2.03. The van der Waals surface area contributed by atoms with Crippen LogP contribution in [0.25, 0.3) is 0 Å². The van der Waals surface area contributed by atoms with Gasteiger partial charge in [0, 0.05) is 17.0 Å². The molecule has 0 spiro atoms. The average molecular weight is 284 g/mol. The van der Waals surface area contributed by atoms with Crippen LogP contribution in [0.4, 0.5) is 0 Å². The number of nitrogens with zero attached hydrogens (tertiary/aromatic N) is 3. The fourth-order valence-corrected chi connectivity index (χ4v) is 3.27. The van der Waals surface area contributed by atoms with E-state index in [2.05, 4.69) is 33.1 Å². The molecule has 1 aromatic rings. The molecule has 18 heavy (non-hydrogen) atoms. The van der Waals surface area contributed by atoms with Gasteiger partial charge >= 0.3 is 0 Å². The quantitative estimate of drug-likeness (QED) is 0.809. The third kappa shape index (κ3) is 8.36. The van der Waals surface area contributed by atoms with Crippen LogP contribution in [0, 0.1) is 0 Å². The van der Waals surface area contributed by atoms with Crippen molar-refractivity contribution < 1.29 is 0 Å². The lowest BCUT2D eigenvalue weighted by Crippen LogP contribution is -2.11. The summed E-state index contributed by atoms with van der Waals surface area (Å²) in [4.78, 5) is 0. The third-order valence-corrected chi connectivity index (χ3v) is 4.35. The Hall–Kier alpha value is -0.750. The highest BCUT2D eigenvalue weighted by atomic mass is 32.2. The first kappa shape index (κ1) is 15.3. The first-order chi connectivity index (χ1) is 8.93. The first-order valence-electron chi connectivity index (χ1n) is 6.20. The molecule has 0 aliphatic carbocycles. The predicted molar refractivity (Wildman–Crippen MR) is 80.1 cm³/mol. The maximum absolute atomic E-state index is 3.44. The van der Waals surface area contributed by atoms with Crippen molar-refractivity contribution in [1.82, 2.24) is 20.7 Å². The van der Waals surface area contributed by atoms with Crippen LogP contribution >= 0.6 is 23.5 Å². The Labute approximate surface area is 117 Å². The van der Waals surface area contributed by atoms with E-state index in [-0.39, 0.29) is 0 Å². The lowest BCUT2D eigenvalue weighted by atomic mass is 10.2. The molecule has 2 heterocycles. The molecule has 100 valence electrons. The van der Waals surface area contributed by atoms with Crippen LogP contribution in [0.5, 0.6) is 0 Å². The summed E-state index contributed by atoms with van der Waals surface area (Å²) in [6.07, 6.45) is 8.54. The number of rotatable bonds is 6. The van der Waals surface area contributed by atoms with Crippen molar-refractivity contribution >= 4 is 23.5 Å². The van der Waals surface area contributed by atoms with Crippen molar-refractivity contribution in [3.8, 4) is 0 Å².